The number of aliphatic imine (C=N–C) groups is 1. The van der Waals surface area contributed by atoms with Gasteiger partial charge in [-0.2, -0.15) is 12.3 Å². The van der Waals surface area contributed by atoms with Gasteiger partial charge in [-0.15, -0.1) is 11.8 Å². The summed E-state index contributed by atoms with van der Waals surface area (Å²) in [4.78, 5) is 15.2. The van der Waals surface area contributed by atoms with E-state index < -0.39 is 0 Å². The fourth-order valence-electron chi connectivity index (χ4n) is 3.51. The van der Waals surface area contributed by atoms with Crippen LogP contribution in [0.3, 0.4) is 0 Å². The zero-order valence-corrected chi connectivity index (χ0v) is 21.4. The number of hydrogen-bond acceptors (Lipinski definition) is 3. The molecular weight excluding hydrogens is 401 g/mol. The van der Waals surface area contributed by atoms with E-state index >= 15 is 0 Å². The third-order valence-corrected chi connectivity index (χ3v) is 5.83. The molecule has 1 heterocycles. The molecular formula is C25H27KNOS-. The molecule has 1 aliphatic heterocycles. The van der Waals surface area contributed by atoms with Gasteiger partial charge in [-0.25, -0.2) is 4.99 Å². The first-order chi connectivity index (χ1) is 13.8. The Morgan fingerprint density at radius 2 is 1.69 bits per heavy atom. The van der Waals surface area contributed by atoms with Crippen molar-refractivity contribution in [1.82, 2.24) is 0 Å². The molecule has 0 bridgehead atoms. The Kier molecular flexibility index (Phi) is 11.7. The summed E-state index contributed by atoms with van der Waals surface area (Å²) in [7, 11) is 0. The van der Waals surface area contributed by atoms with E-state index in [1.54, 1.807) is 0 Å². The number of hydrogen-bond donors (Lipinski definition) is 0. The molecule has 4 heteroatoms. The van der Waals surface area contributed by atoms with Gasteiger partial charge in [0.1, 0.15) is 0 Å². The number of rotatable bonds is 4. The molecule has 2 nitrogen and oxygen atoms in total. The van der Waals surface area contributed by atoms with Crippen molar-refractivity contribution in [3.63, 3.8) is 0 Å². The predicted octanol–water partition coefficient (Wildman–Crippen LogP) is 3.60. The zero-order valence-electron chi connectivity index (χ0n) is 17.4. The Labute approximate surface area is 222 Å². The number of carbonyl (C=O) groups excluding carboxylic acids is 1. The van der Waals surface area contributed by atoms with Gasteiger partial charge in [-0.05, 0) is 11.1 Å². The molecule has 1 atom stereocenters. The van der Waals surface area contributed by atoms with Crippen molar-refractivity contribution >= 4 is 34.4 Å². The second kappa shape index (κ2) is 13.7. The normalized spacial score (nSPS) is 18.2. The zero-order chi connectivity index (χ0) is 19.6. The summed E-state index contributed by atoms with van der Waals surface area (Å²) >= 11 is 1.47. The van der Waals surface area contributed by atoms with Crippen LogP contribution >= 0.6 is 11.8 Å². The smallest absolute Gasteiger partial charge is 0.541 e. The van der Waals surface area contributed by atoms with Crippen molar-refractivity contribution in [2.45, 2.75) is 39.0 Å². The topological polar surface area (TPSA) is 29.4 Å². The average molecular weight is 429 g/mol. The Hall–Kier alpha value is -0.494. The van der Waals surface area contributed by atoms with E-state index in [2.05, 4.69) is 37.6 Å². The number of allylic oxidation sites excluding steroid dienone is 1. The summed E-state index contributed by atoms with van der Waals surface area (Å²) in [6.45, 7) is 2.30. The van der Waals surface area contributed by atoms with Gasteiger partial charge in [0.05, 0.1) is 10.7 Å². The minimum atomic E-state index is 0. The van der Waals surface area contributed by atoms with E-state index in [0.29, 0.717) is 5.75 Å². The monoisotopic (exact) mass is 428 g/mol. The first-order valence-corrected chi connectivity index (χ1v) is 11.0. The van der Waals surface area contributed by atoms with Crippen molar-refractivity contribution in [2.75, 3.05) is 5.75 Å². The summed E-state index contributed by atoms with van der Waals surface area (Å²) in [5, 5.41) is 0.982. The standard InChI is InChI=1S/C18H14NOS.C7H13.K/c20-11-12-21-17-13-16(14-7-3-1-4-8-14)18(19-17)15-9-5-2-6-10-15;1-7-5-3-2-4-6-7;/h1-10H,12-13H2;5,7H,2-4,6H2,1H3;/q2*-1;+1. The van der Waals surface area contributed by atoms with E-state index in [9.17, 15) is 4.79 Å². The van der Waals surface area contributed by atoms with Crippen LogP contribution < -0.4 is 51.4 Å². The Balaban J connectivity index is 0.000000319. The fraction of sp³-hybridized carbons (Fsp3) is 0.320. The summed E-state index contributed by atoms with van der Waals surface area (Å²) < 4.78 is 0. The first-order valence-electron chi connectivity index (χ1n) is 10.0. The molecule has 1 unspecified atom stereocenters. The molecule has 1 aliphatic carbocycles. The van der Waals surface area contributed by atoms with E-state index in [1.165, 1.54) is 48.6 Å². The molecule has 1 saturated carbocycles. The molecule has 0 N–H and O–H groups in total. The van der Waals surface area contributed by atoms with Gasteiger partial charge in [0.15, 0.2) is 0 Å². The van der Waals surface area contributed by atoms with Crippen molar-refractivity contribution in [3.05, 3.63) is 78.2 Å². The molecule has 1 fully saturated rings. The molecule has 2 aliphatic rings. The summed E-state index contributed by atoms with van der Waals surface area (Å²) in [6, 6.07) is 20.5. The minimum Gasteiger partial charge on any atom is -0.541 e. The van der Waals surface area contributed by atoms with E-state index in [-0.39, 0.29) is 51.4 Å². The van der Waals surface area contributed by atoms with Crippen molar-refractivity contribution in [1.29, 1.82) is 0 Å². The number of thioether (sulfide) groups is 1. The second-order valence-corrected chi connectivity index (χ2v) is 8.22. The first kappa shape index (κ1) is 24.8. The summed E-state index contributed by atoms with van der Waals surface area (Å²) in [6.07, 6.45) is 10.8. The molecule has 0 saturated heterocycles. The SMILES string of the molecule is CC1[CH-]CCCC1.O=[C-]CSC1=NC(c2ccccc2)=C(c2ccccc2)C1.[K+]. The van der Waals surface area contributed by atoms with E-state index in [4.69, 9.17) is 4.99 Å². The van der Waals surface area contributed by atoms with Crippen molar-refractivity contribution < 1.29 is 56.2 Å². The van der Waals surface area contributed by atoms with Gasteiger partial charge < -0.3 is 11.2 Å². The average Bonchev–Trinajstić information content (AvgIpc) is 3.19. The van der Waals surface area contributed by atoms with Gasteiger partial charge in [0.25, 0.3) is 0 Å². The van der Waals surface area contributed by atoms with Gasteiger partial charge >= 0.3 is 51.4 Å². The van der Waals surface area contributed by atoms with Crippen LogP contribution in [0.25, 0.3) is 11.3 Å². The van der Waals surface area contributed by atoms with Crippen LogP contribution in [0.4, 0.5) is 0 Å². The third kappa shape index (κ3) is 7.93. The van der Waals surface area contributed by atoms with E-state index in [0.717, 1.165) is 28.6 Å². The molecule has 0 radical (unpaired) electrons. The predicted molar refractivity (Wildman–Crippen MR) is 122 cm³/mol. The molecule has 0 amide bonds. The maximum atomic E-state index is 10.5. The van der Waals surface area contributed by atoms with Crippen LogP contribution in [0, 0.1) is 12.3 Å². The summed E-state index contributed by atoms with van der Waals surface area (Å²) in [5.41, 5.74) is 4.53. The van der Waals surface area contributed by atoms with Crippen molar-refractivity contribution in [2.24, 2.45) is 10.9 Å². The largest absolute Gasteiger partial charge is 1.00 e. The van der Waals surface area contributed by atoms with Gasteiger partial charge in [-0.3, -0.25) is 6.29 Å². The number of nitrogens with zero attached hydrogens (tertiary/aromatic N) is 1. The third-order valence-electron chi connectivity index (χ3n) is 5.00. The summed E-state index contributed by atoms with van der Waals surface area (Å²) in [5.74, 6) is 1.25. The maximum Gasteiger partial charge on any atom is 1.00 e. The van der Waals surface area contributed by atoms with Crippen LogP contribution in [0.15, 0.2) is 65.7 Å². The van der Waals surface area contributed by atoms with Crippen LogP contribution in [-0.2, 0) is 4.79 Å². The van der Waals surface area contributed by atoms with Crippen LogP contribution in [0.5, 0.6) is 0 Å². The Morgan fingerprint density at radius 3 is 2.21 bits per heavy atom. The van der Waals surface area contributed by atoms with E-state index in [1.807, 2.05) is 42.7 Å². The van der Waals surface area contributed by atoms with Gasteiger partial charge in [-0.1, -0.05) is 92.6 Å². The molecule has 2 aromatic carbocycles. The van der Waals surface area contributed by atoms with Crippen molar-refractivity contribution in [3.8, 4) is 0 Å². The van der Waals surface area contributed by atoms with Crippen LogP contribution in [-0.4, -0.2) is 17.1 Å². The van der Waals surface area contributed by atoms with Crippen LogP contribution in [0.2, 0.25) is 0 Å². The number of benzene rings is 2. The van der Waals surface area contributed by atoms with Gasteiger partial charge in [0, 0.05) is 12.0 Å². The van der Waals surface area contributed by atoms with Gasteiger partial charge in [0.2, 0.25) is 0 Å². The minimum absolute atomic E-state index is 0. The van der Waals surface area contributed by atoms with Crippen LogP contribution in [0.1, 0.15) is 50.2 Å². The Morgan fingerprint density at radius 1 is 1.03 bits per heavy atom. The molecule has 4 rings (SSSR count). The second-order valence-electron chi connectivity index (χ2n) is 7.17. The molecule has 0 aromatic heterocycles. The molecule has 29 heavy (non-hydrogen) atoms. The molecule has 2 aromatic rings. The molecule has 0 spiro atoms. The quantitative estimate of drug-likeness (QED) is 0.550. The molecule has 146 valence electrons. The Bertz CT molecular complexity index is 811. The maximum absolute atomic E-state index is 10.5. The fourth-order valence-corrected chi connectivity index (χ4v) is 4.13.